The summed E-state index contributed by atoms with van der Waals surface area (Å²) in [6.45, 7) is 2.50. The van der Waals surface area contributed by atoms with Gasteiger partial charge in [-0.15, -0.1) is 0 Å². The molecular weight excluding hydrogens is 170 g/mol. The van der Waals surface area contributed by atoms with Gasteiger partial charge in [0.1, 0.15) is 5.60 Å². The fraction of sp³-hybridized carbons (Fsp3) is 0.889. The minimum absolute atomic E-state index is 0.347. The van der Waals surface area contributed by atoms with Crippen LogP contribution in [0.4, 0.5) is 4.79 Å². The predicted molar refractivity (Wildman–Crippen MR) is 48.4 cm³/mol. The molecule has 0 aromatic heterocycles. The second-order valence-electron chi connectivity index (χ2n) is 3.38. The van der Waals surface area contributed by atoms with Gasteiger partial charge in [-0.05, 0) is 32.6 Å². The number of carbonyl (C=O) groups is 1. The molecule has 1 saturated carbocycles. The lowest BCUT2D eigenvalue weighted by atomic mass is 10.0. The van der Waals surface area contributed by atoms with Crippen molar-refractivity contribution >= 4 is 6.16 Å². The van der Waals surface area contributed by atoms with E-state index in [4.69, 9.17) is 15.2 Å². The van der Waals surface area contributed by atoms with Gasteiger partial charge < -0.3 is 15.2 Å². The Morgan fingerprint density at radius 2 is 2.08 bits per heavy atom. The van der Waals surface area contributed by atoms with Crippen LogP contribution in [0.3, 0.4) is 0 Å². The van der Waals surface area contributed by atoms with E-state index in [1.807, 2.05) is 0 Å². The van der Waals surface area contributed by atoms with Gasteiger partial charge in [-0.2, -0.15) is 0 Å². The summed E-state index contributed by atoms with van der Waals surface area (Å²) < 4.78 is 9.92. The van der Waals surface area contributed by atoms with Crippen molar-refractivity contribution in [1.82, 2.24) is 0 Å². The van der Waals surface area contributed by atoms with Crippen LogP contribution in [-0.2, 0) is 9.47 Å². The molecule has 1 rings (SSSR count). The van der Waals surface area contributed by atoms with Crippen molar-refractivity contribution in [2.75, 3.05) is 13.2 Å². The molecule has 0 bridgehead atoms. The summed E-state index contributed by atoms with van der Waals surface area (Å²) in [6, 6.07) is 0. The molecule has 0 spiro atoms. The van der Waals surface area contributed by atoms with Gasteiger partial charge in [0.2, 0.25) is 0 Å². The average molecular weight is 187 g/mol. The summed E-state index contributed by atoms with van der Waals surface area (Å²) >= 11 is 0. The summed E-state index contributed by atoms with van der Waals surface area (Å²) in [5.41, 5.74) is 5.14. The molecule has 1 fully saturated rings. The molecule has 1 aliphatic rings. The number of rotatable bonds is 3. The van der Waals surface area contributed by atoms with Crippen molar-refractivity contribution in [2.45, 2.75) is 38.2 Å². The maximum atomic E-state index is 11.1. The zero-order chi connectivity index (χ0) is 9.73. The van der Waals surface area contributed by atoms with Crippen molar-refractivity contribution < 1.29 is 14.3 Å². The monoisotopic (exact) mass is 187 g/mol. The Hall–Kier alpha value is -0.770. The van der Waals surface area contributed by atoms with E-state index >= 15 is 0 Å². The van der Waals surface area contributed by atoms with Crippen LogP contribution in [0.2, 0.25) is 0 Å². The zero-order valence-electron chi connectivity index (χ0n) is 8.04. The van der Waals surface area contributed by atoms with Gasteiger partial charge in [-0.3, -0.25) is 0 Å². The Kier molecular flexibility index (Phi) is 3.54. The van der Waals surface area contributed by atoms with Crippen molar-refractivity contribution in [3.05, 3.63) is 0 Å². The maximum Gasteiger partial charge on any atom is 0.508 e. The normalized spacial score (nSPS) is 19.8. The van der Waals surface area contributed by atoms with Crippen LogP contribution in [-0.4, -0.2) is 24.9 Å². The molecule has 0 aromatic carbocycles. The van der Waals surface area contributed by atoms with Gasteiger partial charge in [-0.25, -0.2) is 4.79 Å². The van der Waals surface area contributed by atoms with Crippen LogP contribution in [0.25, 0.3) is 0 Å². The first kappa shape index (κ1) is 10.3. The molecule has 2 N–H and O–H groups in total. The van der Waals surface area contributed by atoms with Crippen molar-refractivity contribution in [3.63, 3.8) is 0 Å². The van der Waals surface area contributed by atoms with Gasteiger partial charge in [-0.1, -0.05) is 0 Å². The van der Waals surface area contributed by atoms with Crippen LogP contribution in [0.5, 0.6) is 0 Å². The largest absolute Gasteiger partial charge is 0.508 e. The highest BCUT2D eigenvalue weighted by molar-refractivity contribution is 5.60. The highest BCUT2D eigenvalue weighted by Crippen LogP contribution is 2.32. The van der Waals surface area contributed by atoms with E-state index in [1.54, 1.807) is 6.92 Å². The summed E-state index contributed by atoms with van der Waals surface area (Å²) in [4.78, 5) is 11.1. The number of carbonyl (C=O) groups excluding carboxylic acids is 1. The van der Waals surface area contributed by atoms with Gasteiger partial charge in [0.05, 0.1) is 6.61 Å². The molecule has 76 valence electrons. The van der Waals surface area contributed by atoms with Crippen LogP contribution < -0.4 is 5.73 Å². The molecule has 4 nitrogen and oxygen atoms in total. The number of nitrogens with two attached hydrogens (primary N) is 1. The molecule has 0 aromatic rings. The molecule has 0 amide bonds. The summed E-state index contributed by atoms with van der Waals surface area (Å²) in [5, 5.41) is 0. The van der Waals surface area contributed by atoms with Crippen molar-refractivity contribution in [3.8, 4) is 0 Å². The Balaban J connectivity index is 2.43. The molecule has 4 heteroatoms. The first-order valence-corrected chi connectivity index (χ1v) is 4.78. The highest BCUT2D eigenvalue weighted by atomic mass is 16.7. The van der Waals surface area contributed by atoms with Crippen molar-refractivity contribution in [1.29, 1.82) is 0 Å². The average Bonchev–Trinajstić information content (AvgIpc) is 2.54. The van der Waals surface area contributed by atoms with Crippen LogP contribution in [0.1, 0.15) is 32.6 Å². The van der Waals surface area contributed by atoms with E-state index in [2.05, 4.69) is 0 Å². The zero-order valence-corrected chi connectivity index (χ0v) is 8.04. The number of ether oxygens (including phenoxy) is 2. The maximum absolute atomic E-state index is 11.1. The van der Waals surface area contributed by atoms with Gasteiger partial charge >= 0.3 is 6.16 Å². The third-order valence-electron chi connectivity index (χ3n) is 2.45. The highest BCUT2D eigenvalue weighted by Gasteiger charge is 2.36. The lowest BCUT2D eigenvalue weighted by Crippen LogP contribution is -2.40. The van der Waals surface area contributed by atoms with Gasteiger partial charge in [0, 0.05) is 6.54 Å². The van der Waals surface area contributed by atoms with E-state index in [-0.39, 0.29) is 0 Å². The minimum Gasteiger partial charge on any atom is -0.435 e. The molecule has 0 heterocycles. The van der Waals surface area contributed by atoms with Crippen LogP contribution >= 0.6 is 0 Å². The number of hydrogen-bond acceptors (Lipinski definition) is 4. The minimum atomic E-state index is -0.588. The van der Waals surface area contributed by atoms with E-state index in [0.29, 0.717) is 13.2 Å². The predicted octanol–water partition coefficient (Wildman–Crippen LogP) is 1.43. The summed E-state index contributed by atoms with van der Waals surface area (Å²) in [7, 11) is 0. The quantitative estimate of drug-likeness (QED) is 0.679. The van der Waals surface area contributed by atoms with E-state index in [1.165, 1.54) is 0 Å². The molecular formula is C9H17NO3. The van der Waals surface area contributed by atoms with Gasteiger partial charge in [0.25, 0.3) is 0 Å². The summed E-state index contributed by atoms with van der Waals surface area (Å²) in [5.74, 6) is 0. The van der Waals surface area contributed by atoms with Crippen LogP contribution in [0, 0.1) is 0 Å². The standard InChI is InChI=1S/C9H17NO3/c1-2-12-8(11)13-9(7-10)5-3-4-6-9/h2-7,10H2,1H3. The molecule has 0 radical (unpaired) electrons. The second-order valence-corrected chi connectivity index (χ2v) is 3.38. The fourth-order valence-electron chi connectivity index (χ4n) is 1.69. The Morgan fingerprint density at radius 3 is 2.54 bits per heavy atom. The molecule has 0 atom stereocenters. The molecule has 0 aliphatic heterocycles. The summed E-state index contributed by atoms with van der Waals surface area (Å²) in [6.07, 6.45) is 3.30. The van der Waals surface area contributed by atoms with Gasteiger partial charge in [0.15, 0.2) is 0 Å². The van der Waals surface area contributed by atoms with E-state index < -0.39 is 11.8 Å². The topological polar surface area (TPSA) is 61.5 Å². The third kappa shape index (κ3) is 2.59. The fourth-order valence-corrected chi connectivity index (χ4v) is 1.69. The Morgan fingerprint density at radius 1 is 1.46 bits per heavy atom. The lowest BCUT2D eigenvalue weighted by molar-refractivity contribution is -0.0255. The smallest absolute Gasteiger partial charge is 0.435 e. The molecule has 1 aliphatic carbocycles. The second kappa shape index (κ2) is 4.46. The first-order chi connectivity index (χ1) is 6.22. The Bertz CT molecular complexity index is 176. The molecule has 0 unspecified atom stereocenters. The number of hydrogen-bond donors (Lipinski definition) is 1. The van der Waals surface area contributed by atoms with Crippen molar-refractivity contribution in [2.24, 2.45) is 5.73 Å². The molecule has 13 heavy (non-hydrogen) atoms. The first-order valence-electron chi connectivity index (χ1n) is 4.78. The SMILES string of the molecule is CCOC(=O)OC1(CN)CCCC1. The Labute approximate surface area is 78.4 Å². The van der Waals surface area contributed by atoms with E-state index in [0.717, 1.165) is 25.7 Å². The third-order valence-corrected chi connectivity index (χ3v) is 2.45. The molecule has 0 saturated heterocycles. The lowest BCUT2D eigenvalue weighted by Gasteiger charge is -2.26. The van der Waals surface area contributed by atoms with Crippen LogP contribution in [0.15, 0.2) is 0 Å². The van der Waals surface area contributed by atoms with E-state index in [9.17, 15) is 4.79 Å².